The molecule has 0 N–H and O–H groups in total. The summed E-state index contributed by atoms with van der Waals surface area (Å²) in [4.78, 5) is 8.30. The molecule has 5 heteroatoms. The highest BCUT2D eigenvalue weighted by Crippen LogP contribution is 2.09. The Morgan fingerprint density at radius 2 is 2.18 bits per heavy atom. The highest BCUT2D eigenvalue weighted by molar-refractivity contribution is 5.36. The fraction of sp³-hybridized carbons (Fsp3) is 0.0833. The van der Waals surface area contributed by atoms with Crippen molar-refractivity contribution in [2.75, 3.05) is 0 Å². The fourth-order valence-electron chi connectivity index (χ4n) is 1.52. The number of hydrogen-bond donors (Lipinski definition) is 0. The van der Waals surface area contributed by atoms with Crippen LogP contribution in [0.2, 0.25) is 0 Å². The molecule has 0 amide bonds. The van der Waals surface area contributed by atoms with E-state index in [-0.39, 0.29) is 0 Å². The highest BCUT2D eigenvalue weighted by Gasteiger charge is 2.03. The third-order valence-electron chi connectivity index (χ3n) is 2.29. The van der Waals surface area contributed by atoms with Gasteiger partial charge in [0.2, 0.25) is 0 Å². The zero-order chi connectivity index (χ0) is 11.5. The van der Waals surface area contributed by atoms with E-state index in [0.29, 0.717) is 18.2 Å². The van der Waals surface area contributed by atoms with Crippen molar-refractivity contribution in [2.24, 2.45) is 0 Å². The Balaban J connectivity index is 1.77. The molecule has 0 unspecified atom stereocenters. The van der Waals surface area contributed by atoms with Crippen LogP contribution < -0.4 is 4.74 Å². The summed E-state index contributed by atoms with van der Waals surface area (Å²) in [5, 5.41) is 4.29. The maximum atomic E-state index is 5.52. The second kappa shape index (κ2) is 4.21. The second-order valence-electron chi connectivity index (χ2n) is 3.51. The summed E-state index contributed by atoms with van der Waals surface area (Å²) in [6.45, 7) is 0.341. The topological polar surface area (TPSA) is 52.3 Å². The van der Waals surface area contributed by atoms with Crippen molar-refractivity contribution >= 4 is 5.65 Å². The molecule has 0 spiro atoms. The van der Waals surface area contributed by atoms with Crippen LogP contribution in [0.25, 0.3) is 5.65 Å². The van der Waals surface area contributed by atoms with Crippen LogP contribution in [0.4, 0.5) is 0 Å². The van der Waals surface area contributed by atoms with Gasteiger partial charge in [-0.1, -0.05) is 6.07 Å². The van der Waals surface area contributed by atoms with Gasteiger partial charge in [-0.15, -0.1) is 5.10 Å². The summed E-state index contributed by atoms with van der Waals surface area (Å²) in [5.74, 6) is 1.37. The van der Waals surface area contributed by atoms with Crippen molar-refractivity contribution in [3.05, 3.63) is 54.7 Å². The fourth-order valence-corrected chi connectivity index (χ4v) is 1.52. The highest BCUT2D eigenvalue weighted by atomic mass is 16.5. The first kappa shape index (κ1) is 9.77. The smallest absolute Gasteiger partial charge is 0.189 e. The zero-order valence-corrected chi connectivity index (χ0v) is 9.02. The van der Waals surface area contributed by atoms with E-state index in [2.05, 4.69) is 15.1 Å². The standard InChI is InChI=1S/C12H10N4O/c1-2-7-16-12(5-1)14-11(15-16)9-17-10-4-3-6-13-8-10/h1-8H,9H2. The normalized spacial score (nSPS) is 10.6. The minimum absolute atomic E-state index is 0.341. The van der Waals surface area contributed by atoms with Crippen LogP contribution in [-0.4, -0.2) is 19.6 Å². The van der Waals surface area contributed by atoms with E-state index in [1.165, 1.54) is 0 Å². The van der Waals surface area contributed by atoms with E-state index in [1.807, 2.05) is 36.5 Å². The predicted molar refractivity (Wildman–Crippen MR) is 61.6 cm³/mol. The van der Waals surface area contributed by atoms with Gasteiger partial charge in [0.1, 0.15) is 12.4 Å². The van der Waals surface area contributed by atoms with Gasteiger partial charge in [0.25, 0.3) is 0 Å². The van der Waals surface area contributed by atoms with Crippen LogP contribution in [0.1, 0.15) is 5.82 Å². The van der Waals surface area contributed by atoms with Gasteiger partial charge in [0, 0.05) is 12.4 Å². The number of hydrogen-bond acceptors (Lipinski definition) is 4. The molecule has 17 heavy (non-hydrogen) atoms. The minimum atomic E-state index is 0.341. The van der Waals surface area contributed by atoms with Gasteiger partial charge in [-0.2, -0.15) is 0 Å². The van der Waals surface area contributed by atoms with Gasteiger partial charge in [0.05, 0.1) is 6.20 Å². The number of rotatable bonds is 3. The Morgan fingerprint density at radius 1 is 1.18 bits per heavy atom. The molecule has 0 bridgehead atoms. The molecule has 0 aliphatic carbocycles. The third kappa shape index (κ3) is 2.08. The molecule has 0 saturated carbocycles. The first-order chi connectivity index (χ1) is 8.42. The maximum absolute atomic E-state index is 5.52. The van der Waals surface area contributed by atoms with E-state index in [1.54, 1.807) is 16.9 Å². The van der Waals surface area contributed by atoms with Gasteiger partial charge in [-0.25, -0.2) is 9.50 Å². The number of ether oxygens (including phenoxy) is 1. The Labute approximate surface area is 97.7 Å². The molecule has 84 valence electrons. The molecule has 3 heterocycles. The number of fused-ring (bicyclic) bond motifs is 1. The molecule has 3 aromatic heterocycles. The molecule has 0 radical (unpaired) electrons. The van der Waals surface area contributed by atoms with E-state index < -0.39 is 0 Å². The molecule has 0 saturated heterocycles. The molecular weight excluding hydrogens is 216 g/mol. The van der Waals surface area contributed by atoms with Crippen molar-refractivity contribution < 1.29 is 4.74 Å². The van der Waals surface area contributed by atoms with Gasteiger partial charge < -0.3 is 4.74 Å². The molecule has 5 nitrogen and oxygen atoms in total. The molecular formula is C12H10N4O. The van der Waals surface area contributed by atoms with Gasteiger partial charge in [-0.05, 0) is 24.3 Å². The lowest BCUT2D eigenvalue weighted by Gasteiger charge is -2.00. The lowest BCUT2D eigenvalue weighted by molar-refractivity contribution is 0.295. The van der Waals surface area contributed by atoms with Crippen LogP contribution >= 0.6 is 0 Å². The van der Waals surface area contributed by atoms with Gasteiger partial charge in [0.15, 0.2) is 11.5 Å². The summed E-state index contributed by atoms with van der Waals surface area (Å²) >= 11 is 0. The van der Waals surface area contributed by atoms with Crippen molar-refractivity contribution in [3.8, 4) is 5.75 Å². The summed E-state index contributed by atoms with van der Waals surface area (Å²) in [5.41, 5.74) is 0.817. The summed E-state index contributed by atoms with van der Waals surface area (Å²) in [7, 11) is 0. The predicted octanol–water partition coefficient (Wildman–Crippen LogP) is 1.70. The van der Waals surface area contributed by atoms with Crippen LogP contribution in [0, 0.1) is 0 Å². The lowest BCUT2D eigenvalue weighted by atomic mass is 10.5. The van der Waals surface area contributed by atoms with E-state index in [9.17, 15) is 0 Å². The molecule has 0 aromatic carbocycles. The average Bonchev–Trinajstić information content (AvgIpc) is 2.80. The monoisotopic (exact) mass is 226 g/mol. The maximum Gasteiger partial charge on any atom is 0.189 e. The molecule has 0 fully saturated rings. The third-order valence-corrected chi connectivity index (χ3v) is 2.29. The van der Waals surface area contributed by atoms with Crippen molar-refractivity contribution in [1.82, 2.24) is 19.6 Å². The van der Waals surface area contributed by atoms with Crippen LogP contribution in [0.5, 0.6) is 5.75 Å². The number of pyridine rings is 2. The first-order valence-corrected chi connectivity index (χ1v) is 5.25. The molecule has 0 aliphatic rings. The van der Waals surface area contributed by atoms with Crippen molar-refractivity contribution in [2.45, 2.75) is 6.61 Å². The molecule has 0 atom stereocenters. The summed E-state index contributed by atoms with van der Waals surface area (Å²) in [6, 6.07) is 9.42. The molecule has 3 rings (SSSR count). The largest absolute Gasteiger partial charge is 0.484 e. The van der Waals surface area contributed by atoms with Crippen LogP contribution in [-0.2, 0) is 6.61 Å². The second-order valence-corrected chi connectivity index (χ2v) is 3.51. The molecule has 0 aliphatic heterocycles. The Bertz CT molecular complexity index is 587. The first-order valence-electron chi connectivity index (χ1n) is 5.25. The quantitative estimate of drug-likeness (QED) is 0.682. The molecule has 3 aromatic rings. The SMILES string of the molecule is c1cncc(OCc2nc3ccccn3n2)c1. The lowest BCUT2D eigenvalue weighted by Crippen LogP contribution is -1.98. The van der Waals surface area contributed by atoms with Crippen molar-refractivity contribution in [3.63, 3.8) is 0 Å². The van der Waals surface area contributed by atoms with Gasteiger partial charge >= 0.3 is 0 Å². The van der Waals surface area contributed by atoms with Gasteiger partial charge in [-0.3, -0.25) is 4.98 Å². The number of nitrogens with zero attached hydrogens (tertiary/aromatic N) is 4. The van der Waals surface area contributed by atoms with E-state index in [4.69, 9.17) is 4.74 Å². The number of aromatic nitrogens is 4. The van der Waals surface area contributed by atoms with E-state index >= 15 is 0 Å². The minimum Gasteiger partial charge on any atom is -0.484 e. The van der Waals surface area contributed by atoms with Crippen molar-refractivity contribution in [1.29, 1.82) is 0 Å². The zero-order valence-electron chi connectivity index (χ0n) is 9.02. The van der Waals surface area contributed by atoms with Crippen LogP contribution in [0.3, 0.4) is 0 Å². The Kier molecular flexibility index (Phi) is 2.42. The Morgan fingerprint density at radius 3 is 3.00 bits per heavy atom. The summed E-state index contributed by atoms with van der Waals surface area (Å²) < 4.78 is 7.24. The van der Waals surface area contributed by atoms with Crippen LogP contribution in [0.15, 0.2) is 48.9 Å². The average molecular weight is 226 g/mol. The summed E-state index contributed by atoms with van der Waals surface area (Å²) in [6.07, 6.45) is 5.22. The Hall–Kier alpha value is -2.43. The van der Waals surface area contributed by atoms with E-state index in [0.717, 1.165) is 5.65 Å².